The van der Waals surface area contributed by atoms with Crippen LogP contribution in [0.15, 0.2) is 42.5 Å². The van der Waals surface area contributed by atoms with Crippen LogP contribution in [0.4, 0.5) is 42.5 Å². The number of hydrogen-bond donors (Lipinski definition) is 3. The highest BCUT2D eigenvalue weighted by molar-refractivity contribution is 7.82. The first-order valence-corrected chi connectivity index (χ1v) is 7.68. The van der Waals surface area contributed by atoms with Crippen LogP contribution in [-0.2, 0) is 12.4 Å². The van der Waals surface area contributed by atoms with Crippen LogP contribution in [0.3, 0.4) is 0 Å². The van der Waals surface area contributed by atoms with Gasteiger partial charge in [0.15, 0.2) is 0 Å². The maximum Gasteiger partial charge on any atom is 0.416 e. The number of hydrogen-bond acceptors (Lipinski definition) is 3. The minimum atomic E-state index is -5.05. The molecule has 0 aliphatic rings. The van der Waals surface area contributed by atoms with Crippen molar-refractivity contribution in [2.75, 3.05) is 9.62 Å². The van der Waals surface area contributed by atoms with Crippen molar-refractivity contribution in [2.45, 2.75) is 12.4 Å². The van der Waals surface area contributed by atoms with Gasteiger partial charge in [0, 0.05) is 11.3 Å². The topological polar surface area (TPSA) is 75.4 Å². The molecule has 2 aromatic rings. The third-order valence-corrected chi connectivity index (χ3v) is 3.84. The lowest BCUT2D eigenvalue weighted by Gasteiger charge is -2.19. The first-order chi connectivity index (χ1) is 12.8. The molecule has 2 rings (SSSR count). The second-order valence-corrected chi connectivity index (χ2v) is 5.85. The quantitative estimate of drug-likeness (QED) is 0.494. The minimum Gasteiger partial charge on any atom is -0.366 e. The van der Waals surface area contributed by atoms with Crippen molar-refractivity contribution in [1.29, 1.82) is 0 Å². The fourth-order valence-corrected chi connectivity index (χ4v) is 2.27. The molecule has 5 nitrogen and oxygen atoms in total. The van der Waals surface area contributed by atoms with Crippen LogP contribution in [0.1, 0.15) is 21.5 Å². The van der Waals surface area contributed by atoms with E-state index in [0.717, 1.165) is 0 Å². The zero-order valence-electron chi connectivity index (χ0n) is 13.6. The number of anilines is 2. The summed E-state index contributed by atoms with van der Waals surface area (Å²) in [7, 11) is 0. The van der Waals surface area contributed by atoms with Crippen LogP contribution in [0.5, 0.6) is 0 Å². The predicted octanol–water partition coefficient (Wildman–Crippen LogP) is 4.71. The van der Waals surface area contributed by atoms with Gasteiger partial charge in [-0.2, -0.15) is 26.3 Å². The molecule has 0 heterocycles. The van der Waals surface area contributed by atoms with Crippen molar-refractivity contribution < 1.29 is 35.9 Å². The van der Waals surface area contributed by atoms with Crippen LogP contribution in [-0.4, -0.2) is 11.9 Å². The second-order valence-electron chi connectivity index (χ2n) is 5.45. The Kier molecular flexibility index (Phi) is 5.83. The molecule has 150 valence electrons. The maximum absolute atomic E-state index is 12.9. The van der Waals surface area contributed by atoms with Gasteiger partial charge in [0.1, 0.15) is 0 Å². The molecule has 0 atom stereocenters. The average Bonchev–Trinajstić information content (AvgIpc) is 2.59. The van der Waals surface area contributed by atoms with Crippen molar-refractivity contribution in [3.05, 3.63) is 59.2 Å². The molecule has 28 heavy (non-hydrogen) atoms. The molecular formula is C16H11F6N3O2S. The molecule has 0 fully saturated rings. The Balaban J connectivity index is 2.30. The van der Waals surface area contributed by atoms with Gasteiger partial charge in [0.2, 0.25) is 5.91 Å². The summed E-state index contributed by atoms with van der Waals surface area (Å²) in [5, 5.41) is 1.92. The Bertz CT molecular complexity index is 864. The molecule has 0 saturated heterocycles. The molecule has 0 radical (unpaired) electrons. The van der Waals surface area contributed by atoms with Gasteiger partial charge in [-0.05, 0) is 42.5 Å². The van der Waals surface area contributed by atoms with E-state index < -0.39 is 41.1 Å². The molecule has 12 heteroatoms. The van der Waals surface area contributed by atoms with Gasteiger partial charge in [0.05, 0.1) is 16.8 Å². The van der Waals surface area contributed by atoms with Crippen LogP contribution in [0.2, 0.25) is 0 Å². The fraction of sp³-hybridized carbons (Fsp3) is 0.125. The molecule has 0 unspecified atom stereocenters. The van der Waals surface area contributed by atoms with Crippen LogP contribution < -0.4 is 15.4 Å². The highest BCUT2D eigenvalue weighted by Gasteiger charge is 2.37. The lowest BCUT2D eigenvalue weighted by atomic mass is 10.1. The molecule has 0 spiro atoms. The van der Waals surface area contributed by atoms with E-state index in [0.29, 0.717) is 16.4 Å². The lowest BCUT2D eigenvalue weighted by Crippen LogP contribution is -2.27. The molecule has 0 saturated carbocycles. The standard InChI is InChI=1S/C16H11F6N3O2S/c17-15(18,19)9-5-10(16(20,21)22)7-11(6-9)24-14(27)25(28)12-3-1-8(2-4-12)13(23)26/h1-7,28H,(H2,23,26)(H,24,27). The van der Waals surface area contributed by atoms with Gasteiger partial charge >= 0.3 is 18.4 Å². The molecular weight excluding hydrogens is 412 g/mol. The Labute approximate surface area is 159 Å². The van der Waals surface area contributed by atoms with E-state index in [9.17, 15) is 35.9 Å². The number of primary amides is 1. The smallest absolute Gasteiger partial charge is 0.366 e. The molecule has 2 aromatic carbocycles. The summed E-state index contributed by atoms with van der Waals surface area (Å²) in [6.45, 7) is 0. The lowest BCUT2D eigenvalue weighted by molar-refractivity contribution is -0.143. The van der Waals surface area contributed by atoms with E-state index in [1.54, 1.807) is 0 Å². The van der Waals surface area contributed by atoms with E-state index in [-0.39, 0.29) is 17.3 Å². The number of carbonyl (C=O) groups excluding carboxylic acids is 2. The third-order valence-electron chi connectivity index (χ3n) is 3.43. The molecule has 0 bridgehead atoms. The van der Waals surface area contributed by atoms with Crippen molar-refractivity contribution in [2.24, 2.45) is 5.73 Å². The van der Waals surface area contributed by atoms with Crippen molar-refractivity contribution in [1.82, 2.24) is 0 Å². The van der Waals surface area contributed by atoms with Gasteiger partial charge in [0.25, 0.3) is 0 Å². The number of nitrogens with zero attached hydrogens (tertiary/aromatic N) is 1. The molecule has 0 aromatic heterocycles. The van der Waals surface area contributed by atoms with E-state index in [1.165, 1.54) is 24.3 Å². The number of benzene rings is 2. The summed E-state index contributed by atoms with van der Waals surface area (Å²) >= 11 is 3.86. The van der Waals surface area contributed by atoms with Gasteiger partial charge in [-0.15, -0.1) is 0 Å². The molecule has 0 aliphatic carbocycles. The van der Waals surface area contributed by atoms with Gasteiger partial charge in [-0.25, -0.2) is 9.10 Å². The van der Waals surface area contributed by atoms with Crippen molar-refractivity contribution in [3.63, 3.8) is 0 Å². The fourth-order valence-electron chi connectivity index (χ4n) is 2.09. The average molecular weight is 423 g/mol. The highest BCUT2D eigenvalue weighted by Crippen LogP contribution is 2.37. The van der Waals surface area contributed by atoms with Gasteiger partial charge in [-0.3, -0.25) is 4.79 Å². The summed E-state index contributed by atoms with van der Waals surface area (Å²) in [5.41, 5.74) is 1.41. The number of thiol groups is 1. The summed E-state index contributed by atoms with van der Waals surface area (Å²) in [4.78, 5) is 23.1. The van der Waals surface area contributed by atoms with Crippen LogP contribution in [0.25, 0.3) is 0 Å². The first kappa shape index (κ1) is 21.4. The van der Waals surface area contributed by atoms with Crippen molar-refractivity contribution >= 4 is 36.1 Å². The normalized spacial score (nSPS) is 11.8. The maximum atomic E-state index is 12.9. The summed E-state index contributed by atoms with van der Waals surface area (Å²) in [6, 6.07) is 4.61. The van der Waals surface area contributed by atoms with Crippen LogP contribution >= 0.6 is 12.8 Å². The third kappa shape index (κ3) is 5.09. The Morgan fingerprint density at radius 1 is 0.893 bits per heavy atom. The molecule has 3 amide bonds. The van der Waals surface area contributed by atoms with E-state index >= 15 is 0 Å². The van der Waals surface area contributed by atoms with Crippen LogP contribution in [0, 0.1) is 0 Å². The first-order valence-electron chi connectivity index (χ1n) is 7.28. The largest absolute Gasteiger partial charge is 0.416 e. The van der Waals surface area contributed by atoms with Gasteiger partial charge < -0.3 is 11.1 Å². The zero-order valence-corrected chi connectivity index (χ0v) is 14.5. The van der Waals surface area contributed by atoms with E-state index in [2.05, 4.69) is 12.8 Å². The summed E-state index contributed by atoms with van der Waals surface area (Å²) in [5.74, 6) is -0.731. The monoisotopic (exact) mass is 423 g/mol. The number of amides is 3. The minimum absolute atomic E-state index is 0.0589. The van der Waals surface area contributed by atoms with E-state index in [1.807, 2.05) is 5.32 Å². The summed E-state index contributed by atoms with van der Waals surface area (Å²) < 4.78 is 77.8. The summed E-state index contributed by atoms with van der Waals surface area (Å²) in [6.07, 6.45) is -10.1. The van der Waals surface area contributed by atoms with Gasteiger partial charge in [-0.1, -0.05) is 12.8 Å². The number of nitrogens with one attached hydrogen (secondary N) is 1. The number of nitrogens with two attached hydrogens (primary N) is 1. The number of halogens is 6. The Morgan fingerprint density at radius 2 is 1.36 bits per heavy atom. The van der Waals surface area contributed by atoms with E-state index in [4.69, 9.17) is 5.73 Å². The number of rotatable bonds is 3. The number of urea groups is 1. The zero-order chi connectivity index (χ0) is 21.3. The SMILES string of the molecule is NC(=O)c1ccc(N(S)C(=O)Nc2cc(C(F)(F)F)cc(C(F)(F)F)c2)cc1. The Morgan fingerprint density at radius 3 is 1.75 bits per heavy atom. The molecule has 3 N–H and O–H groups in total. The number of alkyl halides is 6. The predicted molar refractivity (Wildman–Crippen MR) is 91.9 cm³/mol. The Hall–Kier alpha value is -2.89. The number of carbonyl (C=O) groups is 2. The highest BCUT2D eigenvalue weighted by atomic mass is 32.1. The van der Waals surface area contributed by atoms with Crippen molar-refractivity contribution in [3.8, 4) is 0 Å². The second kappa shape index (κ2) is 7.62. The molecule has 0 aliphatic heterocycles.